The van der Waals surface area contributed by atoms with Gasteiger partial charge >= 0.3 is 0 Å². The third-order valence-electron chi connectivity index (χ3n) is 4.80. The van der Waals surface area contributed by atoms with Crippen LogP contribution in [0.4, 0.5) is 0 Å². The van der Waals surface area contributed by atoms with Gasteiger partial charge in [-0.25, -0.2) is 0 Å². The van der Waals surface area contributed by atoms with Gasteiger partial charge in [-0.3, -0.25) is 0 Å². The second-order valence-electron chi connectivity index (χ2n) is 5.79. The molecule has 0 aromatic carbocycles. The molecule has 2 rings (SSSR count). The summed E-state index contributed by atoms with van der Waals surface area (Å²) in [7, 11) is 0. The largest absolute Gasteiger partial charge is 0.100 e. The highest BCUT2D eigenvalue weighted by Gasteiger charge is 2.64. The van der Waals surface area contributed by atoms with E-state index in [0.29, 0.717) is 5.41 Å². The predicted molar refractivity (Wildman–Crippen MR) is 62.3 cm³/mol. The lowest BCUT2D eigenvalue weighted by molar-refractivity contribution is 0.238. The minimum atomic E-state index is 0.680. The lowest BCUT2D eigenvalue weighted by Crippen LogP contribution is -2.17. The number of rotatable bonds is 3. The van der Waals surface area contributed by atoms with Gasteiger partial charge in [-0.15, -0.1) is 6.58 Å². The Morgan fingerprint density at radius 1 is 1.21 bits per heavy atom. The quantitative estimate of drug-likeness (QED) is 0.568. The zero-order valence-corrected chi connectivity index (χ0v) is 9.86. The first-order valence-corrected chi connectivity index (χ1v) is 6.29. The molecular weight excluding hydrogens is 168 g/mol. The molecule has 2 saturated carbocycles. The molecule has 0 bridgehead atoms. The third kappa shape index (κ3) is 1.43. The van der Waals surface area contributed by atoms with Crippen LogP contribution < -0.4 is 0 Å². The van der Waals surface area contributed by atoms with E-state index in [1.165, 1.54) is 56.9 Å². The average Bonchev–Trinajstić information content (AvgIpc) is 2.73. The summed E-state index contributed by atoms with van der Waals surface area (Å²) in [6, 6.07) is 0. The highest BCUT2D eigenvalue weighted by atomic mass is 14.7. The molecule has 2 aliphatic rings. The van der Waals surface area contributed by atoms with E-state index in [9.17, 15) is 0 Å². The molecule has 1 atom stereocenters. The molecule has 0 aromatic heterocycles. The molecule has 1 unspecified atom stereocenters. The molecule has 1 spiro atoms. The minimum absolute atomic E-state index is 0.680. The standard InChI is InChI=1S/C14H24/c1-4-13(10-12(2)3)11-14(13)8-6-5-7-9-14/h2,4-11H2,1,3H3. The number of hydrogen-bond acceptors (Lipinski definition) is 0. The van der Waals surface area contributed by atoms with Gasteiger partial charge in [0.2, 0.25) is 0 Å². The highest BCUT2D eigenvalue weighted by Crippen LogP contribution is 2.74. The Balaban J connectivity index is 2.06. The van der Waals surface area contributed by atoms with E-state index in [1.54, 1.807) is 0 Å². The van der Waals surface area contributed by atoms with Crippen LogP contribution in [-0.4, -0.2) is 0 Å². The fourth-order valence-electron chi connectivity index (χ4n) is 3.99. The summed E-state index contributed by atoms with van der Waals surface area (Å²) in [5, 5.41) is 0. The fraction of sp³-hybridized carbons (Fsp3) is 0.857. The summed E-state index contributed by atoms with van der Waals surface area (Å²) in [6.07, 6.45) is 11.6. The van der Waals surface area contributed by atoms with Gasteiger partial charge in [-0.1, -0.05) is 31.8 Å². The molecule has 0 radical (unpaired) electrons. The number of hydrogen-bond donors (Lipinski definition) is 0. The van der Waals surface area contributed by atoms with Crippen molar-refractivity contribution < 1.29 is 0 Å². The molecule has 0 aliphatic heterocycles. The number of allylic oxidation sites excluding steroid dienone is 1. The maximum atomic E-state index is 4.11. The first kappa shape index (κ1) is 10.3. The summed E-state index contributed by atoms with van der Waals surface area (Å²) in [5.74, 6) is 0. The van der Waals surface area contributed by atoms with Crippen molar-refractivity contribution in [1.29, 1.82) is 0 Å². The third-order valence-corrected chi connectivity index (χ3v) is 4.80. The normalized spacial score (nSPS) is 34.4. The second-order valence-corrected chi connectivity index (χ2v) is 5.79. The van der Waals surface area contributed by atoms with Crippen LogP contribution in [-0.2, 0) is 0 Å². The Bertz CT molecular complexity index is 232. The Labute approximate surface area is 88.8 Å². The van der Waals surface area contributed by atoms with Crippen molar-refractivity contribution in [2.24, 2.45) is 10.8 Å². The lowest BCUT2D eigenvalue weighted by Gasteiger charge is -2.29. The second kappa shape index (κ2) is 3.40. The minimum Gasteiger partial charge on any atom is -0.100 e. The van der Waals surface area contributed by atoms with Crippen LogP contribution in [0, 0.1) is 10.8 Å². The molecule has 2 fully saturated rings. The van der Waals surface area contributed by atoms with Gasteiger partial charge in [0.25, 0.3) is 0 Å². The van der Waals surface area contributed by atoms with E-state index < -0.39 is 0 Å². The molecule has 80 valence electrons. The van der Waals surface area contributed by atoms with Crippen molar-refractivity contribution in [2.45, 2.75) is 65.2 Å². The Morgan fingerprint density at radius 3 is 2.36 bits per heavy atom. The van der Waals surface area contributed by atoms with E-state index in [0.717, 1.165) is 5.41 Å². The van der Waals surface area contributed by atoms with E-state index in [4.69, 9.17) is 0 Å². The van der Waals surface area contributed by atoms with Crippen molar-refractivity contribution in [2.75, 3.05) is 0 Å². The molecule has 2 aliphatic carbocycles. The van der Waals surface area contributed by atoms with Crippen molar-refractivity contribution >= 4 is 0 Å². The monoisotopic (exact) mass is 192 g/mol. The van der Waals surface area contributed by atoms with Crippen molar-refractivity contribution in [3.8, 4) is 0 Å². The van der Waals surface area contributed by atoms with E-state index >= 15 is 0 Å². The van der Waals surface area contributed by atoms with Crippen LogP contribution in [0.5, 0.6) is 0 Å². The molecule has 0 N–H and O–H groups in total. The van der Waals surface area contributed by atoms with Crippen LogP contribution in [0.2, 0.25) is 0 Å². The van der Waals surface area contributed by atoms with Crippen molar-refractivity contribution in [3.63, 3.8) is 0 Å². The highest BCUT2D eigenvalue weighted by molar-refractivity contribution is 5.18. The molecule has 0 saturated heterocycles. The van der Waals surface area contributed by atoms with Crippen molar-refractivity contribution in [3.05, 3.63) is 12.2 Å². The van der Waals surface area contributed by atoms with E-state index in [2.05, 4.69) is 20.4 Å². The summed E-state index contributed by atoms with van der Waals surface area (Å²) in [6.45, 7) is 8.69. The molecule has 0 nitrogen and oxygen atoms in total. The van der Waals surface area contributed by atoms with Gasteiger partial charge < -0.3 is 0 Å². The van der Waals surface area contributed by atoms with Crippen LogP contribution in [0.3, 0.4) is 0 Å². The molecule has 14 heavy (non-hydrogen) atoms. The first-order valence-electron chi connectivity index (χ1n) is 6.29. The average molecular weight is 192 g/mol. The Hall–Kier alpha value is -0.260. The van der Waals surface area contributed by atoms with Gasteiger partial charge in [0, 0.05) is 0 Å². The molecule has 0 aromatic rings. The Kier molecular flexibility index (Phi) is 2.49. The lowest BCUT2D eigenvalue weighted by atomic mass is 9.76. The summed E-state index contributed by atoms with van der Waals surface area (Å²) in [4.78, 5) is 0. The SMILES string of the molecule is C=C(C)CC1(CC)CC12CCCCC2. The van der Waals surface area contributed by atoms with Crippen LogP contribution in [0.1, 0.15) is 65.2 Å². The van der Waals surface area contributed by atoms with Crippen molar-refractivity contribution in [1.82, 2.24) is 0 Å². The maximum absolute atomic E-state index is 4.11. The van der Waals surface area contributed by atoms with Crippen LogP contribution >= 0.6 is 0 Å². The van der Waals surface area contributed by atoms with Crippen LogP contribution in [0.25, 0.3) is 0 Å². The summed E-state index contributed by atoms with van der Waals surface area (Å²) in [5.41, 5.74) is 2.84. The summed E-state index contributed by atoms with van der Waals surface area (Å²) >= 11 is 0. The van der Waals surface area contributed by atoms with Gasteiger partial charge in [-0.05, 0) is 49.9 Å². The Morgan fingerprint density at radius 2 is 1.86 bits per heavy atom. The van der Waals surface area contributed by atoms with Crippen LogP contribution in [0.15, 0.2) is 12.2 Å². The molecule has 0 heteroatoms. The van der Waals surface area contributed by atoms with Gasteiger partial charge in [0.1, 0.15) is 0 Å². The fourth-order valence-corrected chi connectivity index (χ4v) is 3.99. The van der Waals surface area contributed by atoms with Gasteiger partial charge in [-0.2, -0.15) is 0 Å². The zero-order chi connectivity index (χ0) is 10.2. The molecule has 0 amide bonds. The smallest absolute Gasteiger partial charge is 0.0201 e. The molecular formula is C14H24. The van der Waals surface area contributed by atoms with Gasteiger partial charge in [0.15, 0.2) is 0 Å². The topological polar surface area (TPSA) is 0 Å². The maximum Gasteiger partial charge on any atom is -0.0201 e. The predicted octanol–water partition coefficient (Wildman–Crippen LogP) is 4.70. The van der Waals surface area contributed by atoms with E-state index in [1.807, 2.05) is 0 Å². The molecule has 0 heterocycles. The first-order chi connectivity index (χ1) is 6.64. The van der Waals surface area contributed by atoms with E-state index in [-0.39, 0.29) is 0 Å². The zero-order valence-electron chi connectivity index (χ0n) is 9.86. The van der Waals surface area contributed by atoms with Gasteiger partial charge in [0.05, 0.1) is 0 Å². The summed E-state index contributed by atoms with van der Waals surface area (Å²) < 4.78 is 0.